The maximum absolute atomic E-state index is 12.6. The summed E-state index contributed by atoms with van der Waals surface area (Å²) >= 11 is 0. The first-order valence-corrected chi connectivity index (χ1v) is 9.87. The lowest BCUT2D eigenvalue weighted by atomic mass is 9.99. The predicted molar refractivity (Wildman–Crippen MR) is 101 cm³/mol. The molecule has 2 aromatic carbocycles. The first-order valence-electron chi connectivity index (χ1n) is 8.37. The zero-order valence-electron chi connectivity index (χ0n) is 14.6. The van der Waals surface area contributed by atoms with Gasteiger partial charge >= 0.3 is 0 Å². The smallest absolute Gasteiger partial charge is 0.236 e. The third kappa shape index (κ3) is 4.30. The van der Waals surface area contributed by atoms with E-state index in [2.05, 4.69) is 0 Å². The average Bonchev–Trinajstić information content (AvgIpc) is 3.12. The Hall–Kier alpha value is -2.11. The highest BCUT2D eigenvalue weighted by atomic mass is 32.2. The second kappa shape index (κ2) is 7.42. The monoisotopic (exact) mass is 357 g/mol. The van der Waals surface area contributed by atoms with Crippen LogP contribution >= 0.6 is 0 Å². The number of ether oxygens (including phenoxy) is 1. The molecule has 1 heterocycles. The van der Waals surface area contributed by atoms with Crippen LogP contribution in [0.5, 0.6) is 5.75 Å². The predicted octanol–water partition coefficient (Wildman–Crippen LogP) is 3.79. The van der Waals surface area contributed by atoms with Crippen molar-refractivity contribution < 1.29 is 13.2 Å². The molecule has 0 spiro atoms. The zero-order valence-corrected chi connectivity index (χ0v) is 15.4. The highest BCUT2D eigenvalue weighted by Gasteiger charge is 2.30. The van der Waals surface area contributed by atoms with Crippen molar-refractivity contribution in [2.24, 2.45) is 0 Å². The molecule has 2 aromatic rings. The number of methoxy groups -OCH3 is 1. The largest absolute Gasteiger partial charge is 0.497 e. The van der Waals surface area contributed by atoms with E-state index in [1.807, 2.05) is 55.5 Å². The van der Waals surface area contributed by atoms with E-state index in [1.165, 1.54) is 5.41 Å². The second-order valence-corrected chi connectivity index (χ2v) is 8.19. The minimum atomic E-state index is -3.39. The van der Waals surface area contributed by atoms with Gasteiger partial charge in [0.05, 0.1) is 7.11 Å². The zero-order chi connectivity index (χ0) is 17.9. The highest BCUT2D eigenvalue weighted by molar-refractivity contribution is 7.92. The number of benzene rings is 2. The van der Waals surface area contributed by atoms with Gasteiger partial charge in [-0.05, 0) is 48.6 Å². The lowest BCUT2D eigenvalue weighted by Crippen LogP contribution is -2.26. The van der Waals surface area contributed by atoms with Crippen molar-refractivity contribution in [2.75, 3.05) is 20.2 Å². The van der Waals surface area contributed by atoms with Gasteiger partial charge in [-0.15, -0.1) is 0 Å². The lowest BCUT2D eigenvalue weighted by molar-refractivity contribution is 0.414. The van der Waals surface area contributed by atoms with Crippen LogP contribution in [-0.2, 0) is 10.0 Å². The van der Waals surface area contributed by atoms with Crippen LogP contribution < -0.4 is 4.74 Å². The molecular formula is C20H23NO3S. The number of hydrogen-bond acceptors (Lipinski definition) is 3. The minimum absolute atomic E-state index is 0.230. The van der Waals surface area contributed by atoms with Gasteiger partial charge in [0.1, 0.15) is 5.75 Å². The number of nitrogens with zero attached hydrogens (tertiary/aromatic N) is 1. The molecule has 0 bridgehead atoms. The van der Waals surface area contributed by atoms with E-state index in [1.54, 1.807) is 17.5 Å². The van der Waals surface area contributed by atoms with Crippen molar-refractivity contribution >= 4 is 16.1 Å². The highest BCUT2D eigenvalue weighted by Crippen LogP contribution is 2.30. The van der Waals surface area contributed by atoms with E-state index in [0.717, 1.165) is 28.9 Å². The van der Waals surface area contributed by atoms with Gasteiger partial charge in [0, 0.05) is 18.5 Å². The van der Waals surface area contributed by atoms with E-state index in [9.17, 15) is 8.42 Å². The molecule has 0 N–H and O–H groups in total. The molecule has 1 fully saturated rings. The van der Waals surface area contributed by atoms with Crippen LogP contribution in [0.3, 0.4) is 0 Å². The Bertz CT molecular complexity index is 840. The Kier molecular flexibility index (Phi) is 5.25. The molecule has 1 aliphatic heterocycles. The Labute approximate surface area is 149 Å². The molecule has 0 radical (unpaired) electrons. The third-order valence-electron chi connectivity index (χ3n) is 4.61. The van der Waals surface area contributed by atoms with E-state index in [0.29, 0.717) is 13.1 Å². The molecule has 1 atom stereocenters. The van der Waals surface area contributed by atoms with Crippen LogP contribution in [0.2, 0.25) is 0 Å². The van der Waals surface area contributed by atoms with E-state index in [-0.39, 0.29) is 5.92 Å². The summed E-state index contributed by atoms with van der Waals surface area (Å²) in [5, 5.41) is 1.31. The molecule has 1 aliphatic rings. The van der Waals surface area contributed by atoms with Gasteiger partial charge in [0.25, 0.3) is 0 Å². The van der Waals surface area contributed by atoms with Gasteiger partial charge in [0.2, 0.25) is 10.0 Å². The topological polar surface area (TPSA) is 46.6 Å². The minimum Gasteiger partial charge on any atom is -0.497 e. The SMILES string of the molecule is COc1ccc(C2CCN(S(=O)(=O)C=Cc3ccc(C)cc3)C2)cc1. The van der Waals surface area contributed by atoms with Crippen LogP contribution in [-0.4, -0.2) is 32.9 Å². The van der Waals surface area contributed by atoms with Crippen LogP contribution in [0.1, 0.15) is 29.0 Å². The van der Waals surface area contributed by atoms with Gasteiger partial charge < -0.3 is 4.74 Å². The third-order valence-corrected chi connectivity index (χ3v) is 6.14. The number of sulfonamides is 1. The standard InChI is InChI=1S/C20H23NO3S/c1-16-3-5-17(6-4-16)12-14-25(22,23)21-13-11-19(15-21)18-7-9-20(24-2)10-8-18/h3-10,12,14,19H,11,13,15H2,1-2H3. The maximum Gasteiger partial charge on any atom is 0.236 e. The number of aryl methyl sites for hydroxylation is 1. The number of rotatable bonds is 5. The molecular weight excluding hydrogens is 334 g/mol. The Balaban J connectivity index is 1.68. The van der Waals surface area contributed by atoms with Crippen LogP contribution in [0.25, 0.3) is 6.08 Å². The quantitative estimate of drug-likeness (QED) is 0.818. The maximum atomic E-state index is 12.6. The first-order chi connectivity index (χ1) is 12.0. The first kappa shape index (κ1) is 17.7. The molecule has 0 amide bonds. The van der Waals surface area contributed by atoms with E-state index < -0.39 is 10.0 Å². The summed E-state index contributed by atoms with van der Waals surface area (Å²) in [4.78, 5) is 0. The van der Waals surface area contributed by atoms with Crippen molar-refractivity contribution in [1.29, 1.82) is 0 Å². The van der Waals surface area contributed by atoms with Gasteiger partial charge in [-0.25, -0.2) is 8.42 Å². The molecule has 5 heteroatoms. The fourth-order valence-electron chi connectivity index (χ4n) is 3.04. The molecule has 25 heavy (non-hydrogen) atoms. The normalized spacial score (nSPS) is 18.7. The van der Waals surface area contributed by atoms with Crippen molar-refractivity contribution in [2.45, 2.75) is 19.3 Å². The van der Waals surface area contributed by atoms with Crippen molar-refractivity contribution in [3.05, 3.63) is 70.6 Å². The fraction of sp³-hybridized carbons (Fsp3) is 0.300. The lowest BCUT2D eigenvalue weighted by Gasteiger charge is -2.14. The summed E-state index contributed by atoms with van der Waals surface area (Å²) in [7, 11) is -1.76. The summed E-state index contributed by atoms with van der Waals surface area (Å²) in [6, 6.07) is 15.7. The van der Waals surface area contributed by atoms with Gasteiger partial charge in [-0.2, -0.15) is 4.31 Å². The molecule has 3 rings (SSSR count). The molecule has 0 aromatic heterocycles. The average molecular weight is 357 g/mol. The Morgan fingerprint density at radius 2 is 1.76 bits per heavy atom. The molecule has 132 valence electrons. The van der Waals surface area contributed by atoms with E-state index in [4.69, 9.17) is 4.74 Å². The van der Waals surface area contributed by atoms with Gasteiger partial charge in [0.15, 0.2) is 0 Å². The molecule has 0 aliphatic carbocycles. The number of hydrogen-bond donors (Lipinski definition) is 0. The Morgan fingerprint density at radius 1 is 1.08 bits per heavy atom. The van der Waals surface area contributed by atoms with Crippen LogP contribution in [0, 0.1) is 6.92 Å². The Morgan fingerprint density at radius 3 is 2.40 bits per heavy atom. The summed E-state index contributed by atoms with van der Waals surface area (Å²) < 4.78 is 31.9. The molecule has 0 saturated carbocycles. The van der Waals surface area contributed by atoms with Gasteiger partial charge in [-0.3, -0.25) is 0 Å². The molecule has 1 saturated heterocycles. The van der Waals surface area contributed by atoms with Crippen molar-refractivity contribution in [3.8, 4) is 5.75 Å². The van der Waals surface area contributed by atoms with Crippen LogP contribution in [0.4, 0.5) is 0 Å². The molecule has 1 unspecified atom stereocenters. The summed E-state index contributed by atoms with van der Waals surface area (Å²) in [6.07, 6.45) is 2.50. The van der Waals surface area contributed by atoms with Crippen molar-refractivity contribution in [3.63, 3.8) is 0 Å². The van der Waals surface area contributed by atoms with E-state index >= 15 is 0 Å². The summed E-state index contributed by atoms with van der Waals surface area (Å²) in [6.45, 7) is 3.08. The summed E-state index contributed by atoms with van der Waals surface area (Å²) in [5.41, 5.74) is 3.20. The van der Waals surface area contributed by atoms with Gasteiger partial charge in [-0.1, -0.05) is 42.0 Å². The fourth-order valence-corrected chi connectivity index (χ4v) is 4.28. The van der Waals surface area contributed by atoms with Crippen LogP contribution in [0.15, 0.2) is 53.9 Å². The summed E-state index contributed by atoms with van der Waals surface area (Å²) in [5.74, 6) is 1.04. The molecule has 4 nitrogen and oxygen atoms in total. The second-order valence-electron chi connectivity index (χ2n) is 6.38. The van der Waals surface area contributed by atoms with Crippen molar-refractivity contribution in [1.82, 2.24) is 4.31 Å².